The summed E-state index contributed by atoms with van der Waals surface area (Å²) < 4.78 is 29.0. The summed E-state index contributed by atoms with van der Waals surface area (Å²) in [5, 5.41) is 7.83. The lowest BCUT2D eigenvalue weighted by molar-refractivity contribution is 0.102. The van der Waals surface area contributed by atoms with Gasteiger partial charge in [0.1, 0.15) is 4.90 Å². The predicted molar refractivity (Wildman–Crippen MR) is 125 cm³/mol. The molecular formula is C22H22Cl2N4O3S. The van der Waals surface area contributed by atoms with Crippen LogP contribution < -0.4 is 5.32 Å². The van der Waals surface area contributed by atoms with Crippen LogP contribution in [0, 0.1) is 0 Å². The van der Waals surface area contributed by atoms with E-state index in [9.17, 15) is 13.2 Å². The maximum Gasteiger partial charge on any atom is 0.259 e. The van der Waals surface area contributed by atoms with E-state index in [2.05, 4.69) is 10.4 Å². The second kappa shape index (κ2) is 9.23. The van der Waals surface area contributed by atoms with Gasteiger partial charge in [-0.15, -0.1) is 0 Å². The van der Waals surface area contributed by atoms with Crippen molar-refractivity contribution in [1.82, 2.24) is 14.1 Å². The van der Waals surface area contributed by atoms with Crippen molar-refractivity contribution in [3.05, 3.63) is 70.0 Å². The molecule has 3 aromatic rings. The Morgan fingerprint density at radius 3 is 2.56 bits per heavy atom. The number of sulfonamides is 1. The molecule has 2 heterocycles. The molecule has 0 unspecified atom stereocenters. The molecule has 1 fully saturated rings. The monoisotopic (exact) mass is 492 g/mol. The van der Waals surface area contributed by atoms with Crippen LogP contribution in [0.4, 0.5) is 5.69 Å². The number of nitrogens with one attached hydrogen (secondary N) is 1. The lowest BCUT2D eigenvalue weighted by Crippen LogP contribution is -2.28. The minimum absolute atomic E-state index is 0.01000. The quantitative estimate of drug-likeness (QED) is 0.536. The molecular weight excluding hydrogens is 471 g/mol. The van der Waals surface area contributed by atoms with Crippen molar-refractivity contribution in [2.24, 2.45) is 0 Å². The van der Waals surface area contributed by atoms with E-state index in [1.807, 2.05) is 19.1 Å². The Hall–Kier alpha value is -2.39. The van der Waals surface area contributed by atoms with Crippen LogP contribution in [-0.2, 0) is 16.4 Å². The molecule has 1 saturated heterocycles. The molecule has 0 bridgehead atoms. The summed E-state index contributed by atoms with van der Waals surface area (Å²) in [6.07, 6.45) is 3.70. The first kappa shape index (κ1) is 22.8. The molecule has 2 aromatic carbocycles. The van der Waals surface area contributed by atoms with Gasteiger partial charge >= 0.3 is 0 Å². The molecule has 168 valence electrons. The molecule has 0 aliphatic carbocycles. The Kier molecular flexibility index (Phi) is 6.57. The maximum absolute atomic E-state index is 13.0. The molecule has 4 rings (SSSR count). The molecule has 10 heteroatoms. The van der Waals surface area contributed by atoms with Gasteiger partial charge in [0.05, 0.1) is 28.2 Å². The van der Waals surface area contributed by atoms with Gasteiger partial charge in [-0.2, -0.15) is 9.40 Å². The number of aromatic nitrogens is 2. The first-order valence-electron chi connectivity index (χ1n) is 10.2. The number of rotatable bonds is 6. The summed E-state index contributed by atoms with van der Waals surface area (Å²) in [6, 6.07) is 11.7. The lowest BCUT2D eigenvalue weighted by atomic mass is 10.2. The average molecular weight is 493 g/mol. The fourth-order valence-corrected chi connectivity index (χ4v) is 5.98. The highest BCUT2D eigenvalue weighted by molar-refractivity contribution is 7.89. The Bertz CT molecular complexity index is 1270. The van der Waals surface area contributed by atoms with Crippen LogP contribution in [0.15, 0.2) is 53.6 Å². The van der Waals surface area contributed by atoms with Gasteiger partial charge < -0.3 is 5.32 Å². The van der Waals surface area contributed by atoms with Crippen molar-refractivity contribution in [1.29, 1.82) is 0 Å². The van der Waals surface area contributed by atoms with Gasteiger partial charge in [-0.1, -0.05) is 36.2 Å². The third-order valence-electron chi connectivity index (χ3n) is 5.37. The highest BCUT2D eigenvalue weighted by Crippen LogP contribution is 2.30. The molecule has 0 radical (unpaired) electrons. The lowest BCUT2D eigenvalue weighted by Gasteiger charge is -2.17. The van der Waals surface area contributed by atoms with Crippen molar-refractivity contribution in [3.63, 3.8) is 0 Å². The molecule has 0 atom stereocenters. The number of hydrogen-bond donors (Lipinski definition) is 1. The number of halogens is 2. The number of benzene rings is 2. The summed E-state index contributed by atoms with van der Waals surface area (Å²) in [4.78, 5) is 13.0. The third kappa shape index (κ3) is 4.41. The number of nitrogens with zero attached hydrogens (tertiary/aromatic N) is 3. The van der Waals surface area contributed by atoms with Crippen LogP contribution >= 0.6 is 23.2 Å². The minimum atomic E-state index is -3.72. The van der Waals surface area contributed by atoms with Crippen molar-refractivity contribution < 1.29 is 13.2 Å². The average Bonchev–Trinajstić information content (AvgIpc) is 3.45. The molecule has 32 heavy (non-hydrogen) atoms. The fraction of sp³-hybridized carbons (Fsp3) is 0.273. The summed E-state index contributed by atoms with van der Waals surface area (Å²) in [5.74, 6) is -0.387. The zero-order chi connectivity index (χ0) is 22.9. The van der Waals surface area contributed by atoms with Crippen LogP contribution in [0.2, 0.25) is 10.0 Å². The second-order valence-corrected chi connectivity index (χ2v) is 10.2. The molecule has 0 saturated carbocycles. The molecule has 1 aliphatic rings. The van der Waals surface area contributed by atoms with Crippen LogP contribution in [0.1, 0.15) is 35.8 Å². The standard InChI is InChI=1S/C22H22Cl2N4O3S/c1-2-20-18(14-25-28(20)17-7-5-6-15(23)12-17)22(29)26-16-8-9-19(24)21(13-16)32(30,31)27-10-3-4-11-27/h5-9,12-14H,2-4,10-11H2,1H3,(H,26,29). The number of amides is 1. The van der Waals surface area contributed by atoms with Crippen LogP contribution in [0.3, 0.4) is 0 Å². The fourth-order valence-electron chi connectivity index (χ4n) is 3.78. The number of carbonyl (C=O) groups excluding carboxylic acids is 1. The first-order valence-corrected chi connectivity index (χ1v) is 12.4. The van der Waals surface area contributed by atoms with E-state index in [-0.39, 0.29) is 15.8 Å². The Balaban J connectivity index is 1.63. The van der Waals surface area contributed by atoms with E-state index in [1.165, 1.54) is 22.6 Å². The van der Waals surface area contributed by atoms with E-state index in [0.29, 0.717) is 41.5 Å². The summed E-state index contributed by atoms with van der Waals surface area (Å²) in [5.41, 5.74) is 2.20. The number of anilines is 1. The van der Waals surface area contributed by atoms with Gasteiger partial charge in [0.25, 0.3) is 5.91 Å². The summed E-state index contributed by atoms with van der Waals surface area (Å²) in [7, 11) is -3.72. The van der Waals surface area contributed by atoms with Gasteiger partial charge in [-0.05, 0) is 55.7 Å². The van der Waals surface area contributed by atoms with Crippen molar-refractivity contribution in [3.8, 4) is 5.69 Å². The molecule has 1 N–H and O–H groups in total. The van der Waals surface area contributed by atoms with Crippen molar-refractivity contribution in [2.75, 3.05) is 18.4 Å². The zero-order valence-corrected chi connectivity index (χ0v) is 19.7. The van der Waals surface area contributed by atoms with E-state index in [1.54, 1.807) is 22.9 Å². The van der Waals surface area contributed by atoms with Gasteiger partial charge in [-0.25, -0.2) is 13.1 Å². The Morgan fingerprint density at radius 1 is 1.12 bits per heavy atom. The van der Waals surface area contributed by atoms with Crippen LogP contribution in [-0.4, -0.2) is 41.5 Å². The van der Waals surface area contributed by atoms with Crippen LogP contribution in [0.25, 0.3) is 5.69 Å². The van der Waals surface area contributed by atoms with Crippen molar-refractivity contribution >= 4 is 44.8 Å². The summed E-state index contributed by atoms with van der Waals surface area (Å²) >= 11 is 12.3. The van der Waals surface area contributed by atoms with E-state index < -0.39 is 10.0 Å². The molecule has 1 aliphatic heterocycles. The normalized spacial score (nSPS) is 14.6. The zero-order valence-electron chi connectivity index (χ0n) is 17.4. The SMILES string of the molecule is CCc1c(C(=O)Nc2ccc(Cl)c(S(=O)(=O)N3CCCC3)c2)cnn1-c1cccc(Cl)c1. The van der Waals surface area contributed by atoms with Crippen molar-refractivity contribution in [2.45, 2.75) is 31.1 Å². The van der Waals surface area contributed by atoms with Crippen LogP contribution in [0.5, 0.6) is 0 Å². The largest absolute Gasteiger partial charge is 0.322 e. The Morgan fingerprint density at radius 2 is 1.88 bits per heavy atom. The second-order valence-electron chi connectivity index (χ2n) is 7.46. The molecule has 0 spiro atoms. The van der Waals surface area contributed by atoms with E-state index >= 15 is 0 Å². The van der Waals surface area contributed by atoms with Gasteiger partial charge in [0, 0.05) is 23.8 Å². The third-order valence-corrected chi connectivity index (χ3v) is 7.99. The minimum Gasteiger partial charge on any atom is -0.322 e. The van der Waals surface area contributed by atoms with E-state index in [4.69, 9.17) is 23.2 Å². The molecule has 1 aromatic heterocycles. The predicted octanol–water partition coefficient (Wildman–Crippen LogP) is 4.78. The Labute approximate surface area is 197 Å². The van der Waals surface area contributed by atoms with E-state index in [0.717, 1.165) is 18.5 Å². The topological polar surface area (TPSA) is 84.3 Å². The molecule has 1 amide bonds. The molecule has 7 nitrogen and oxygen atoms in total. The first-order chi connectivity index (χ1) is 15.3. The smallest absolute Gasteiger partial charge is 0.259 e. The highest BCUT2D eigenvalue weighted by atomic mass is 35.5. The maximum atomic E-state index is 13.0. The summed E-state index contributed by atoms with van der Waals surface area (Å²) in [6.45, 7) is 2.87. The number of hydrogen-bond acceptors (Lipinski definition) is 4. The van der Waals surface area contributed by atoms with Gasteiger partial charge in [-0.3, -0.25) is 4.79 Å². The highest BCUT2D eigenvalue weighted by Gasteiger charge is 2.29. The van der Waals surface area contributed by atoms with Gasteiger partial charge in [0.2, 0.25) is 10.0 Å². The van der Waals surface area contributed by atoms with Gasteiger partial charge in [0.15, 0.2) is 0 Å². The number of carbonyl (C=O) groups is 1.